The standard InChI is InChI=1S/C48H61N11O9S2/c1-25(2)40(42(50)62)58-45(65)37(19-29-21-52-34-16-10-8-14-31(29)34)56-48(68)41(26(3)60)59-46(66)36(18-28-20-51-33-15-9-7-13-30(28)33)55-47(67)38(24-70)57-44(64)35(17-27-11-5-4-6-12-27)54-39(61)22-53-43(63)32(49)23-69/h4-16,20-21,25-26,32,35-38,40-41,51-52,60,69-70H,17-19,22-24,49H2,1-3H3,(H2,50,62)(H,53,63)(H,54,61)(H,55,67)(H,56,68)(H,57,64)(H,58,65)(H,59,66)/t26-,32+,35-,36+,37+,38+,40+,41+/m0/s1. The topological polar surface area (TPSA) is 325 Å². The summed E-state index contributed by atoms with van der Waals surface area (Å²) in [7, 11) is 0. The van der Waals surface area contributed by atoms with Gasteiger partial charge in [-0.2, -0.15) is 25.3 Å². The number of carbonyl (C=O) groups is 8. The minimum Gasteiger partial charge on any atom is -0.391 e. The number of primary amides is 1. The van der Waals surface area contributed by atoms with E-state index < -0.39 is 108 Å². The van der Waals surface area contributed by atoms with E-state index in [0.29, 0.717) is 16.7 Å². The Hall–Kier alpha value is -6.88. The van der Waals surface area contributed by atoms with Crippen molar-refractivity contribution in [1.29, 1.82) is 0 Å². The van der Waals surface area contributed by atoms with E-state index in [9.17, 15) is 43.5 Å². The third kappa shape index (κ3) is 14.8. The smallest absolute Gasteiger partial charge is 0.245 e. The van der Waals surface area contributed by atoms with E-state index in [1.807, 2.05) is 42.5 Å². The normalized spacial score (nSPS) is 14.7. The monoisotopic (exact) mass is 999 g/mol. The second-order valence-electron chi connectivity index (χ2n) is 17.2. The molecule has 2 aromatic heterocycles. The van der Waals surface area contributed by atoms with Crippen molar-refractivity contribution in [3.8, 4) is 0 Å². The molecule has 14 N–H and O–H groups in total. The molecule has 0 fully saturated rings. The fourth-order valence-corrected chi connectivity index (χ4v) is 8.05. The van der Waals surface area contributed by atoms with Crippen molar-refractivity contribution in [2.45, 2.75) is 88.4 Å². The molecule has 0 aliphatic carbocycles. The average Bonchev–Trinajstić information content (AvgIpc) is 3.95. The van der Waals surface area contributed by atoms with Crippen molar-refractivity contribution in [1.82, 2.24) is 47.2 Å². The number of H-pyrrole nitrogens is 2. The Morgan fingerprint density at radius 3 is 1.51 bits per heavy atom. The summed E-state index contributed by atoms with van der Waals surface area (Å²) in [4.78, 5) is 114. The minimum absolute atomic E-state index is 0.00837. The molecular weight excluding hydrogens is 939 g/mol. The Kier molecular flexibility index (Phi) is 19.8. The third-order valence-electron chi connectivity index (χ3n) is 11.5. The molecule has 2 heterocycles. The molecule has 0 spiro atoms. The van der Waals surface area contributed by atoms with Gasteiger partial charge in [-0.05, 0) is 41.7 Å². The van der Waals surface area contributed by atoms with Gasteiger partial charge < -0.3 is 63.8 Å². The van der Waals surface area contributed by atoms with Gasteiger partial charge in [0.05, 0.1) is 18.7 Å². The lowest BCUT2D eigenvalue weighted by atomic mass is 10.00. The molecule has 22 heteroatoms. The van der Waals surface area contributed by atoms with Crippen molar-refractivity contribution in [3.05, 3.63) is 108 Å². The average molecular weight is 1000 g/mol. The first-order chi connectivity index (χ1) is 33.4. The summed E-state index contributed by atoms with van der Waals surface area (Å²) in [5, 5.41) is 30.6. The molecule has 0 bridgehead atoms. The number of carbonyl (C=O) groups excluding carboxylic acids is 8. The number of aliphatic hydroxyl groups excluding tert-OH is 1. The number of aromatic nitrogens is 2. The molecule has 5 rings (SSSR count). The molecule has 3 aromatic carbocycles. The zero-order valence-electron chi connectivity index (χ0n) is 38.9. The minimum atomic E-state index is -1.69. The van der Waals surface area contributed by atoms with Gasteiger partial charge in [0.15, 0.2) is 0 Å². The van der Waals surface area contributed by atoms with E-state index >= 15 is 0 Å². The Morgan fingerprint density at radius 1 is 0.557 bits per heavy atom. The SMILES string of the molecule is CC(C)[C@@H](NC(=O)[C@@H](Cc1c[nH]c2ccccc12)NC(=O)[C@H](NC(=O)[C@@H](Cc1c[nH]c2ccccc12)NC(=O)[C@@H](CS)NC(=O)[C@H](Cc1ccccc1)NC(=O)CNC(=O)[C@H](N)CS)[C@H](C)O)C(N)=O. The maximum atomic E-state index is 14.5. The van der Waals surface area contributed by atoms with Crippen molar-refractivity contribution < 1.29 is 43.5 Å². The fraction of sp³-hybridized carbons (Fsp3) is 0.375. The summed E-state index contributed by atoms with van der Waals surface area (Å²) < 4.78 is 0. The van der Waals surface area contributed by atoms with Gasteiger partial charge in [0, 0.05) is 65.0 Å². The summed E-state index contributed by atoms with van der Waals surface area (Å²) >= 11 is 8.33. The summed E-state index contributed by atoms with van der Waals surface area (Å²) in [5.41, 5.74) is 14.7. The maximum Gasteiger partial charge on any atom is 0.245 e. The molecule has 0 aliphatic rings. The van der Waals surface area contributed by atoms with Crippen LogP contribution in [0.5, 0.6) is 0 Å². The predicted molar refractivity (Wildman–Crippen MR) is 270 cm³/mol. The van der Waals surface area contributed by atoms with Gasteiger partial charge in [-0.1, -0.05) is 80.6 Å². The number of aliphatic hydroxyl groups is 1. The number of nitrogens with one attached hydrogen (secondary N) is 9. The Balaban J connectivity index is 1.38. The molecule has 0 aliphatic heterocycles. The fourth-order valence-electron chi connectivity index (χ4n) is 7.62. The van der Waals surface area contributed by atoms with E-state index in [4.69, 9.17) is 11.5 Å². The van der Waals surface area contributed by atoms with Gasteiger partial charge in [-0.3, -0.25) is 38.4 Å². The van der Waals surface area contributed by atoms with Crippen molar-refractivity contribution in [2.75, 3.05) is 18.1 Å². The van der Waals surface area contributed by atoms with Crippen LogP contribution in [-0.2, 0) is 57.6 Å². The highest BCUT2D eigenvalue weighted by molar-refractivity contribution is 7.80. The first kappa shape index (κ1) is 54.1. The highest BCUT2D eigenvalue weighted by Crippen LogP contribution is 2.21. The Bertz CT molecular complexity index is 2640. The van der Waals surface area contributed by atoms with Crippen molar-refractivity contribution in [2.24, 2.45) is 17.4 Å². The highest BCUT2D eigenvalue weighted by Gasteiger charge is 2.36. The van der Waals surface area contributed by atoms with Crippen LogP contribution < -0.4 is 48.7 Å². The molecule has 20 nitrogen and oxygen atoms in total. The van der Waals surface area contributed by atoms with Crippen molar-refractivity contribution >= 4 is 94.3 Å². The summed E-state index contributed by atoms with van der Waals surface area (Å²) in [6.07, 6.45) is 1.57. The predicted octanol–water partition coefficient (Wildman–Crippen LogP) is -0.589. The summed E-state index contributed by atoms with van der Waals surface area (Å²) in [5.74, 6) is -7.03. The van der Waals surface area contributed by atoms with E-state index in [-0.39, 0.29) is 30.8 Å². The van der Waals surface area contributed by atoms with Crippen LogP contribution in [0.25, 0.3) is 21.8 Å². The molecular formula is C48H61N11O9S2. The van der Waals surface area contributed by atoms with Crippen LogP contribution in [0, 0.1) is 5.92 Å². The lowest BCUT2D eigenvalue weighted by Gasteiger charge is -2.28. The number of aromatic amines is 2. The van der Waals surface area contributed by atoms with Crippen LogP contribution in [0.2, 0.25) is 0 Å². The van der Waals surface area contributed by atoms with Crippen LogP contribution in [0.1, 0.15) is 37.5 Å². The molecule has 8 amide bonds. The van der Waals surface area contributed by atoms with E-state index in [2.05, 4.69) is 72.4 Å². The third-order valence-corrected chi connectivity index (χ3v) is 12.3. The molecule has 0 unspecified atom stereocenters. The second-order valence-corrected chi connectivity index (χ2v) is 17.9. The quantitative estimate of drug-likeness (QED) is 0.0330. The van der Waals surface area contributed by atoms with Gasteiger partial charge >= 0.3 is 0 Å². The lowest BCUT2D eigenvalue weighted by Crippen LogP contribution is -2.62. The Labute approximate surface area is 415 Å². The molecule has 5 aromatic rings. The van der Waals surface area contributed by atoms with Gasteiger partial charge in [0.2, 0.25) is 47.3 Å². The van der Waals surface area contributed by atoms with Crippen LogP contribution in [0.15, 0.2) is 91.3 Å². The molecule has 8 atom stereocenters. The van der Waals surface area contributed by atoms with Crippen molar-refractivity contribution in [3.63, 3.8) is 0 Å². The van der Waals surface area contributed by atoms with Gasteiger partial charge in [-0.15, -0.1) is 0 Å². The lowest BCUT2D eigenvalue weighted by molar-refractivity contribution is -0.136. The number of nitrogens with two attached hydrogens (primary N) is 2. The summed E-state index contributed by atoms with van der Waals surface area (Å²) in [6.45, 7) is 4.14. The second kappa shape index (κ2) is 25.6. The molecule has 70 heavy (non-hydrogen) atoms. The van der Waals surface area contributed by atoms with E-state index in [1.54, 1.807) is 62.6 Å². The highest BCUT2D eigenvalue weighted by atomic mass is 32.1. The van der Waals surface area contributed by atoms with Crippen LogP contribution in [-0.4, -0.2) is 129 Å². The first-order valence-corrected chi connectivity index (χ1v) is 23.8. The summed E-state index contributed by atoms with van der Waals surface area (Å²) in [6, 6.07) is 14.1. The number of hydrogen-bond acceptors (Lipinski definition) is 12. The Morgan fingerprint density at radius 2 is 1.01 bits per heavy atom. The number of rotatable bonds is 25. The van der Waals surface area contributed by atoms with Gasteiger partial charge in [0.25, 0.3) is 0 Å². The van der Waals surface area contributed by atoms with Gasteiger partial charge in [0.1, 0.15) is 36.3 Å². The number of hydrogen-bond donors (Lipinski definition) is 14. The molecule has 374 valence electrons. The van der Waals surface area contributed by atoms with Crippen LogP contribution in [0.3, 0.4) is 0 Å². The number of fused-ring (bicyclic) bond motifs is 2. The number of para-hydroxylation sites is 2. The molecule has 0 saturated heterocycles. The number of amides is 8. The van der Waals surface area contributed by atoms with Crippen LogP contribution >= 0.6 is 25.3 Å². The first-order valence-electron chi connectivity index (χ1n) is 22.6. The van der Waals surface area contributed by atoms with Crippen LogP contribution in [0.4, 0.5) is 0 Å². The zero-order chi connectivity index (χ0) is 51.1. The molecule has 0 saturated carbocycles. The number of benzene rings is 3. The van der Waals surface area contributed by atoms with E-state index in [0.717, 1.165) is 21.8 Å². The zero-order valence-corrected chi connectivity index (χ0v) is 40.7. The largest absolute Gasteiger partial charge is 0.391 e. The number of thiol groups is 2. The van der Waals surface area contributed by atoms with Gasteiger partial charge in [-0.25, -0.2) is 0 Å². The van der Waals surface area contributed by atoms with E-state index in [1.165, 1.54) is 6.92 Å². The molecule has 0 radical (unpaired) electrons. The maximum absolute atomic E-state index is 14.5.